The monoisotopic (exact) mass is 140 g/mol. The van der Waals surface area contributed by atoms with Gasteiger partial charge in [0.15, 0.2) is 0 Å². The van der Waals surface area contributed by atoms with Crippen LogP contribution in [0.15, 0.2) is 16.8 Å². The van der Waals surface area contributed by atoms with Crippen molar-refractivity contribution in [2.45, 2.75) is 32.6 Å². The van der Waals surface area contributed by atoms with Crippen LogP contribution < -0.4 is 0 Å². The fourth-order valence-electron chi connectivity index (χ4n) is 0.684. The summed E-state index contributed by atoms with van der Waals surface area (Å²) in [5, 5.41) is 3.80. The van der Waals surface area contributed by atoms with Crippen molar-refractivity contribution in [2.24, 2.45) is 0 Å². The van der Waals surface area contributed by atoms with E-state index in [0.29, 0.717) is 0 Å². The lowest BCUT2D eigenvalue weighted by Crippen LogP contribution is -2.15. The first kappa shape index (κ1) is 5.96. The number of hydrogen-bond donors (Lipinski definition) is 0. The van der Waals surface area contributed by atoms with E-state index in [4.69, 9.17) is 1.37 Å². The minimum Gasteiger partial charge on any atom is -0.364 e. The third kappa shape index (κ3) is 1.20. The normalized spacial score (nSPS) is 13.3. The van der Waals surface area contributed by atoms with Crippen molar-refractivity contribution in [3.63, 3.8) is 0 Å². The highest BCUT2D eigenvalue weighted by atomic mass is 16.5. The van der Waals surface area contributed by atoms with Gasteiger partial charge in [-0.05, 0) is 6.42 Å². The van der Waals surface area contributed by atoms with Crippen molar-refractivity contribution in [3.05, 3.63) is 18.0 Å². The summed E-state index contributed by atoms with van der Waals surface area (Å²) in [4.78, 5) is 0. The zero-order valence-electron chi connectivity index (χ0n) is 7.64. The van der Waals surface area contributed by atoms with Gasteiger partial charge in [-0.15, -0.1) is 0 Å². The quantitative estimate of drug-likeness (QED) is 0.630. The van der Waals surface area contributed by atoms with E-state index in [-0.39, 0.29) is 11.7 Å². The van der Waals surface area contributed by atoms with Crippen molar-refractivity contribution >= 4 is 0 Å². The lowest BCUT2D eigenvalue weighted by Gasteiger charge is -2.17. The van der Waals surface area contributed by atoms with Crippen LogP contribution in [0.2, 0.25) is 0 Å². The molecule has 0 radical (unpaired) electrons. The molecule has 2 nitrogen and oxygen atoms in total. The molecule has 1 heterocycles. The third-order valence-electron chi connectivity index (χ3n) is 1.97. The molecular weight excluding hydrogens is 126 g/mol. The molecule has 0 aromatic carbocycles. The highest BCUT2D eigenvalue weighted by Gasteiger charge is 2.20. The summed E-state index contributed by atoms with van der Waals surface area (Å²) in [6.45, 7) is 6.27. The smallest absolute Gasteiger partial charge is 0.124 e. The lowest BCUT2D eigenvalue weighted by atomic mass is 9.87. The Hall–Kier alpha value is -0.790. The topological polar surface area (TPSA) is 26.0 Å². The van der Waals surface area contributed by atoms with Crippen LogP contribution in [0.1, 0.15) is 34.3 Å². The van der Waals surface area contributed by atoms with Gasteiger partial charge in [0.25, 0.3) is 0 Å². The van der Waals surface area contributed by atoms with Crippen LogP contribution in [0.3, 0.4) is 0 Å². The number of rotatable bonds is 2. The Kier molecular flexibility index (Phi) is 1.46. The average Bonchev–Trinajstić information content (AvgIpc) is 2.36. The molecule has 56 valence electrons. The first-order valence-electron chi connectivity index (χ1n) is 4.00. The second-order valence-electron chi connectivity index (χ2n) is 3.07. The minimum absolute atomic E-state index is 0.0306. The van der Waals surface area contributed by atoms with Gasteiger partial charge in [-0.3, -0.25) is 0 Å². The van der Waals surface area contributed by atoms with Crippen LogP contribution in [-0.2, 0) is 5.41 Å². The van der Waals surface area contributed by atoms with Crippen LogP contribution >= 0.6 is 0 Å². The lowest BCUT2D eigenvalue weighted by molar-refractivity contribution is 0.381. The van der Waals surface area contributed by atoms with E-state index in [1.807, 2.05) is 0 Å². The molecule has 1 aromatic heterocycles. The Balaban J connectivity index is 2.92. The molecule has 2 heteroatoms. The Morgan fingerprint density at radius 2 is 2.50 bits per heavy atom. The standard InChI is InChI=1S/C8H13NO/c1-4-8(2,3)7-5-6-10-9-7/h5-6H,4H2,1-3H3/i6D. The maximum Gasteiger partial charge on any atom is 0.124 e. The van der Waals surface area contributed by atoms with Crippen LogP contribution in [-0.4, -0.2) is 5.16 Å². The van der Waals surface area contributed by atoms with Gasteiger partial charge in [-0.1, -0.05) is 25.9 Å². The van der Waals surface area contributed by atoms with Gasteiger partial charge in [-0.25, -0.2) is 0 Å². The summed E-state index contributed by atoms with van der Waals surface area (Å²) in [5.41, 5.74) is 0.896. The number of aromatic nitrogens is 1. The molecule has 0 saturated carbocycles. The molecular formula is C8H13NO. The number of nitrogens with zero attached hydrogens (tertiary/aromatic N) is 1. The van der Waals surface area contributed by atoms with Crippen molar-refractivity contribution in [1.82, 2.24) is 5.16 Å². The largest absolute Gasteiger partial charge is 0.364 e. The van der Waals surface area contributed by atoms with E-state index in [9.17, 15) is 0 Å². The van der Waals surface area contributed by atoms with Gasteiger partial charge in [0.1, 0.15) is 7.61 Å². The molecule has 1 rings (SSSR count). The Bertz CT molecular complexity index is 242. The van der Waals surface area contributed by atoms with E-state index >= 15 is 0 Å². The van der Waals surface area contributed by atoms with Crippen molar-refractivity contribution in [1.29, 1.82) is 0 Å². The number of hydrogen-bond acceptors (Lipinski definition) is 2. The SMILES string of the molecule is [2H]c1cc(C(C)(C)CC)no1. The molecule has 0 amide bonds. The van der Waals surface area contributed by atoms with Crippen molar-refractivity contribution in [3.8, 4) is 0 Å². The molecule has 0 aliphatic carbocycles. The summed E-state index contributed by atoms with van der Waals surface area (Å²) < 4.78 is 11.8. The summed E-state index contributed by atoms with van der Waals surface area (Å²) in [5.74, 6) is 0. The first-order chi connectivity index (χ1) is 5.06. The molecule has 0 bridgehead atoms. The molecule has 1 aromatic rings. The molecule has 0 atom stereocenters. The van der Waals surface area contributed by atoms with E-state index < -0.39 is 0 Å². The fourth-order valence-corrected chi connectivity index (χ4v) is 0.684. The minimum atomic E-state index is 0.0306. The predicted octanol–water partition coefficient (Wildman–Crippen LogP) is 2.36. The molecule has 0 saturated heterocycles. The van der Waals surface area contributed by atoms with Crippen LogP contribution in [0, 0.1) is 0 Å². The predicted molar refractivity (Wildman–Crippen MR) is 39.8 cm³/mol. The second-order valence-corrected chi connectivity index (χ2v) is 3.07. The summed E-state index contributed by atoms with van der Waals surface area (Å²) in [6.07, 6.45) is 1.14. The van der Waals surface area contributed by atoms with E-state index in [1.54, 1.807) is 6.07 Å². The first-order valence-corrected chi connectivity index (χ1v) is 3.50. The summed E-state index contributed by atoms with van der Waals surface area (Å²) in [7, 11) is 0. The van der Waals surface area contributed by atoms with Gasteiger partial charge in [0.05, 0.1) is 5.69 Å². The Morgan fingerprint density at radius 3 is 2.90 bits per heavy atom. The molecule has 0 fully saturated rings. The Morgan fingerprint density at radius 1 is 1.80 bits per heavy atom. The van der Waals surface area contributed by atoms with Gasteiger partial charge in [0.2, 0.25) is 0 Å². The van der Waals surface area contributed by atoms with Crippen LogP contribution in [0.5, 0.6) is 0 Å². The van der Waals surface area contributed by atoms with Gasteiger partial charge >= 0.3 is 0 Å². The average molecular weight is 140 g/mol. The van der Waals surface area contributed by atoms with E-state index in [2.05, 4.69) is 30.5 Å². The Labute approximate surface area is 62.6 Å². The maximum atomic E-state index is 7.14. The zero-order chi connectivity index (χ0) is 8.48. The molecule has 0 aliphatic heterocycles. The third-order valence-corrected chi connectivity index (χ3v) is 1.97. The summed E-state index contributed by atoms with van der Waals surface area (Å²) >= 11 is 0. The van der Waals surface area contributed by atoms with Gasteiger partial charge < -0.3 is 4.52 Å². The van der Waals surface area contributed by atoms with Gasteiger partial charge in [-0.2, -0.15) is 0 Å². The molecule has 0 N–H and O–H groups in total. The highest BCUT2D eigenvalue weighted by molar-refractivity contribution is 5.09. The molecule has 10 heavy (non-hydrogen) atoms. The summed E-state index contributed by atoms with van der Waals surface area (Å²) in [6, 6.07) is 1.67. The van der Waals surface area contributed by atoms with Gasteiger partial charge in [0, 0.05) is 11.5 Å². The highest BCUT2D eigenvalue weighted by Crippen LogP contribution is 2.24. The molecule has 0 unspecified atom stereocenters. The van der Waals surface area contributed by atoms with Crippen molar-refractivity contribution < 1.29 is 5.89 Å². The fraction of sp³-hybridized carbons (Fsp3) is 0.625. The molecule has 0 spiro atoms. The van der Waals surface area contributed by atoms with E-state index in [0.717, 1.165) is 12.1 Å². The maximum absolute atomic E-state index is 7.14. The molecule has 0 aliphatic rings. The van der Waals surface area contributed by atoms with Crippen LogP contribution in [0.25, 0.3) is 0 Å². The van der Waals surface area contributed by atoms with Crippen LogP contribution in [0.4, 0.5) is 0 Å². The second kappa shape index (κ2) is 2.45. The zero-order valence-corrected chi connectivity index (χ0v) is 6.64. The van der Waals surface area contributed by atoms with E-state index in [1.165, 1.54) is 0 Å². The van der Waals surface area contributed by atoms with Crippen molar-refractivity contribution in [2.75, 3.05) is 0 Å².